The van der Waals surface area contributed by atoms with Crippen molar-refractivity contribution in [2.24, 2.45) is 0 Å². The van der Waals surface area contributed by atoms with E-state index >= 15 is 0 Å². The lowest BCUT2D eigenvalue weighted by molar-refractivity contribution is 0.132. The fourth-order valence-electron chi connectivity index (χ4n) is 1.67. The molecule has 96 valence electrons. The molecule has 2 N–H and O–H groups in total. The van der Waals surface area contributed by atoms with Gasteiger partial charge in [0.25, 0.3) is 0 Å². The van der Waals surface area contributed by atoms with Gasteiger partial charge in [0.15, 0.2) is 0 Å². The summed E-state index contributed by atoms with van der Waals surface area (Å²) >= 11 is 5.84. The second-order valence-electron chi connectivity index (χ2n) is 4.60. The molecule has 0 aliphatic heterocycles. The van der Waals surface area contributed by atoms with Crippen molar-refractivity contribution < 1.29 is 5.11 Å². The third kappa shape index (κ3) is 5.50. The average molecular weight is 257 g/mol. The highest BCUT2D eigenvalue weighted by Crippen LogP contribution is 2.15. The van der Waals surface area contributed by atoms with Gasteiger partial charge in [-0.3, -0.25) is 0 Å². The molecule has 3 nitrogen and oxygen atoms in total. The molecule has 2 unspecified atom stereocenters. The van der Waals surface area contributed by atoms with Crippen molar-refractivity contribution in [3.8, 4) is 0 Å². The lowest BCUT2D eigenvalue weighted by Gasteiger charge is -2.20. The number of nitrogens with one attached hydrogen (secondary N) is 1. The van der Waals surface area contributed by atoms with E-state index in [1.165, 1.54) is 5.56 Å². The summed E-state index contributed by atoms with van der Waals surface area (Å²) < 4.78 is 0. The minimum Gasteiger partial charge on any atom is -0.390 e. The van der Waals surface area contributed by atoms with Crippen LogP contribution in [0.2, 0.25) is 5.02 Å². The Morgan fingerprint density at radius 2 is 1.88 bits per heavy atom. The quantitative estimate of drug-likeness (QED) is 0.816. The minimum absolute atomic E-state index is 0.212. The predicted octanol–water partition coefficient (Wildman–Crippen LogP) is 1.91. The van der Waals surface area contributed by atoms with Crippen LogP contribution in [0.3, 0.4) is 0 Å². The van der Waals surface area contributed by atoms with Gasteiger partial charge in [0.05, 0.1) is 6.10 Å². The normalized spacial score (nSPS) is 14.9. The molecule has 17 heavy (non-hydrogen) atoms. The summed E-state index contributed by atoms with van der Waals surface area (Å²) in [4.78, 5) is 1.97. The van der Waals surface area contributed by atoms with Crippen LogP contribution in [0.25, 0.3) is 0 Å². The van der Waals surface area contributed by atoms with E-state index in [0.717, 1.165) is 5.02 Å². The van der Waals surface area contributed by atoms with Crippen molar-refractivity contribution in [1.29, 1.82) is 0 Å². The number of aliphatic hydroxyl groups is 1. The summed E-state index contributed by atoms with van der Waals surface area (Å²) in [5.74, 6) is 0. The van der Waals surface area contributed by atoms with Crippen LogP contribution in [0.15, 0.2) is 24.3 Å². The summed E-state index contributed by atoms with van der Waals surface area (Å²) in [6.45, 7) is 3.33. The van der Waals surface area contributed by atoms with Gasteiger partial charge in [-0.05, 0) is 38.7 Å². The molecule has 0 spiro atoms. The van der Waals surface area contributed by atoms with Crippen molar-refractivity contribution in [3.05, 3.63) is 34.9 Å². The third-order valence-corrected chi connectivity index (χ3v) is 2.86. The maximum Gasteiger partial charge on any atom is 0.0791 e. The summed E-state index contributed by atoms with van der Waals surface area (Å²) in [5.41, 5.74) is 1.17. The maximum atomic E-state index is 9.73. The second-order valence-corrected chi connectivity index (χ2v) is 5.03. The maximum absolute atomic E-state index is 9.73. The zero-order valence-corrected chi connectivity index (χ0v) is 11.4. The molecule has 1 aromatic rings. The number of likely N-dealkylation sites (N-methyl/N-ethyl adjacent to an activating group) is 1. The van der Waals surface area contributed by atoms with Crippen molar-refractivity contribution in [2.75, 3.05) is 27.2 Å². The van der Waals surface area contributed by atoms with Crippen LogP contribution < -0.4 is 5.32 Å². The van der Waals surface area contributed by atoms with E-state index in [1.54, 1.807) is 0 Å². The molecular weight excluding hydrogens is 236 g/mol. The van der Waals surface area contributed by atoms with Crippen molar-refractivity contribution in [2.45, 2.75) is 19.1 Å². The van der Waals surface area contributed by atoms with Crippen LogP contribution in [0, 0.1) is 0 Å². The molecular formula is C13H21ClN2O. The van der Waals surface area contributed by atoms with Crippen LogP contribution in [0.1, 0.15) is 18.5 Å². The lowest BCUT2D eigenvalue weighted by Crippen LogP contribution is -2.36. The molecule has 0 aromatic heterocycles. The molecule has 0 saturated carbocycles. The topological polar surface area (TPSA) is 35.5 Å². The molecule has 2 atom stereocenters. The molecule has 0 aliphatic carbocycles. The Morgan fingerprint density at radius 3 is 2.41 bits per heavy atom. The van der Waals surface area contributed by atoms with E-state index in [0.29, 0.717) is 13.1 Å². The van der Waals surface area contributed by atoms with Crippen LogP contribution in [-0.2, 0) is 0 Å². The molecule has 0 saturated heterocycles. The summed E-state index contributed by atoms with van der Waals surface area (Å²) in [5, 5.41) is 13.8. The standard InChI is InChI=1S/C13H21ClN2O/c1-10(11-4-6-12(14)7-5-11)15-8-13(17)9-16(2)3/h4-7,10,13,15,17H,8-9H2,1-3H3. The van der Waals surface area contributed by atoms with E-state index in [1.807, 2.05) is 43.3 Å². The number of hydrogen-bond donors (Lipinski definition) is 2. The second kappa shape index (κ2) is 6.97. The van der Waals surface area contributed by atoms with Crippen LogP contribution >= 0.6 is 11.6 Å². The minimum atomic E-state index is -0.347. The van der Waals surface area contributed by atoms with Gasteiger partial charge in [0.1, 0.15) is 0 Å². The number of hydrogen-bond acceptors (Lipinski definition) is 3. The number of rotatable bonds is 6. The van der Waals surface area contributed by atoms with Gasteiger partial charge in [0, 0.05) is 24.2 Å². The van der Waals surface area contributed by atoms with Gasteiger partial charge in [0.2, 0.25) is 0 Å². The Kier molecular flexibility index (Phi) is 5.92. The Morgan fingerprint density at radius 1 is 1.29 bits per heavy atom. The molecule has 0 aliphatic rings. The Bertz CT molecular complexity index is 327. The molecule has 0 fully saturated rings. The molecule has 1 rings (SSSR count). The third-order valence-electron chi connectivity index (χ3n) is 2.61. The first-order chi connectivity index (χ1) is 7.99. The molecule has 4 heteroatoms. The number of nitrogens with zero attached hydrogens (tertiary/aromatic N) is 1. The van der Waals surface area contributed by atoms with Gasteiger partial charge in [-0.25, -0.2) is 0 Å². The first-order valence-electron chi connectivity index (χ1n) is 5.80. The van der Waals surface area contributed by atoms with Crippen molar-refractivity contribution >= 4 is 11.6 Å². The van der Waals surface area contributed by atoms with E-state index in [4.69, 9.17) is 11.6 Å². The smallest absolute Gasteiger partial charge is 0.0791 e. The van der Waals surface area contributed by atoms with Gasteiger partial charge in [-0.1, -0.05) is 23.7 Å². The van der Waals surface area contributed by atoms with Crippen LogP contribution in [-0.4, -0.2) is 43.3 Å². The SMILES string of the molecule is CC(NCC(O)CN(C)C)c1ccc(Cl)cc1. The summed E-state index contributed by atoms with van der Waals surface area (Å²) in [6, 6.07) is 7.97. The van der Waals surface area contributed by atoms with Crippen LogP contribution in [0.5, 0.6) is 0 Å². The van der Waals surface area contributed by atoms with E-state index in [-0.39, 0.29) is 12.1 Å². The molecule has 0 radical (unpaired) electrons. The van der Waals surface area contributed by atoms with Crippen molar-refractivity contribution in [1.82, 2.24) is 10.2 Å². The van der Waals surface area contributed by atoms with Gasteiger partial charge < -0.3 is 15.3 Å². The Balaban J connectivity index is 2.39. The fourth-order valence-corrected chi connectivity index (χ4v) is 1.79. The molecule has 0 amide bonds. The highest BCUT2D eigenvalue weighted by atomic mass is 35.5. The summed E-state index contributed by atoms with van der Waals surface area (Å²) in [6.07, 6.45) is -0.347. The summed E-state index contributed by atoms with van der Waals surface area (Å²) in [7, 11) is 3.90. The van der Waals surface area contributed by atoms with Gasteiger partial charge >= 0.3 is 0 Å². The fraction of sp³-hybridized carbons (Fsp3) is 0.538. The monoisotopic (exact) mass is 256 g/mol. The largest absolute Gasteiger partial charge is 0.390 e. The molecule has 1 aromatic carbocycles. The van der Waals surface area contributed by atoms with Crippen LogP contribution in [0.4, 0.5) is 0 Å². The zero-order chi connectivity index (χ0) is 12.8. The van der Waals surface area contributed by atoms with E-state index in [2.05, 4.69) is 12.2 Å². The Labute approximate surface area is 108 Å². The first kappa shape index (κ1) is 14.5. The van der Waals surface area contributed by atoms with Crippen molar-refractivity contribution in [3.63, 3.8) is 0 Å². The van der Waals surface area contributed by atoms with E-state index in [9.17, 15) is 5.11 Å². The first-order valence-corrected chi connectivity index (χ1v) is 6.18. The van der Waals surface area contributed by atoms with Gasteiger partial charge in [-0.15, -0.1) is 0 Å². The molecule has 0 bridgehead atoms. The Hall–Kier alpha value is -0.610. The predicted molar refractivity (Wildman–Crippen MR) is 72.4 cm³/mol. The molecule has 0 heterocycles. The number of benzene rings is 1. The average Bonchev–Trinajstić information content (AvgIpc) is 2.26. The van der Waals surface area contributed by atoms with Gasteiger partial charge in [-0.2, -0.15) is 0 Å². The number of aliphatic hydroxyl groups excluding tert-OH is 1. The number of halogens is 1. The highest BCUT2D eigenvalue weighted by molar-refractivity contribution is 6.30. The lowest BCUT2D eigenvalue weighted by atomic mass is 10.1. The van der Waals surface area contributed by atoms with E-state index < -0.39 is 0 Å². The highest BCUT2D eigenvalue weighted by Gasteiger charge is 2.09. The zero-order valence-electron chi connectivity index (χ0n) is 10.7.